The Labute approximate surface area is 272 Å². The van der Waals surface area contributed by atoms with Crippen LogP contribution >= 0.6 is 0 Å². The maximum atomic E-state index is 8.10. The third-order valence-corrected chi connectivity index (χ3v) is 5.71. The van der Waals surface area contributed by atoms with E-state index in [0.717, 1.165) is 0 Å². The molecule has 0 aromatic carbocycles. The summed E-state index contributed by atoms with van der Waals surface area (Å²) < 4.78 is 2.53. The number of allylic oxidation sites excluding steroid dienone is 3. The molecule has 7 nitrogen and oxygen atoms in total. The Morgan fingerprint density at radius 3 is 0.658 bits per heavy atom. The number of nitrogens with zero attached hydrogens (tertiary/aromatic N) is 7. The van der Waals surface area contributed by atoms with E-state index in [1.165, 1.54) is 56.3 Å². The standard InChI is InChI=1S/C12H28N.3C4H2N2S2.Fe/c1-5-9-13(10-6-2,11-7-3)12-8-4;3*5-1-3(2-6)4(7)8;/h5-12H2,1-4H3;3*7-8H;/q+1;;;;+3/p+6. The van der Waals surface area contributed by atoms with Gasteiger partial charge in [0.25, 0.3) is 0 Å². The molecule has 0 aromatic rings. The van der Waals surface area contributed by atoms with Gasteiger partial charge in [0, 0.05) is 75.8 Å². The first-order valence-electron chi connectivity index (χ1n) is 11.2. The average Bonchev–Trinajstić information content (AvgIpc) is 2.83. The van der Waals surface area contributed by atoms with Gasteiger partial charge in [0.2, 0.25) is 16.7 Å². The Balaban J connectivity index is -0.000000130. The van der Waals surface area contributed by atoms with Crippen LogP contribution in [0.25, 0.3) is 0 Å². The Hall–Kier alpha value is -1.26. The molecule has 0 unspecified atom stereocenters. The number of hydrogen-bond donors (Lipinski definition) is 0. The second-order valence-corrected chi connectivity index (χ2v) is 11.7. The maximum absolute atomic E-state index is 8.10. The fourth-order valence-corrected chi connectivity index (χ4v) is 3.65. The van der Waals surface area contributed by atoms with Crippen molar-refractivity contribution < 1.29 is 21.6 Å². The normalized spacial score (nSPS) is 8.21. The number of nitriles is 6. The zero-order chi connectivity index (χ0) is 29.9. The fourth-order valence-electron chi connectivity index (χ4n) is 2.98. The van der Waals surface area contributed by atoms with Gasteiger partial charge in [-0.3, -0.25) is 0 Å². The van der Waals surface area contributed by atoms with Gasteiger partial charge in [-0.2, -0.15) is 31.6 Å². The molecular weight excluding hydrogens is 635 g/mol. The van der Waals surface area contributed by atoms with E-state index < -0.39 is 0 Å². The van der Waals surface area contributed by atoms with Crippen LogP contribution in [0.4, 0.5) is 0 Å². The summed E-state index contributed by atoms with van der Waals surface area (Å²) in [5.74, 6) is 0. The van der Waals surface area contributed by atoms with Crippen LogP contribution < -0.4 is 0 Å². The van der Waals surface area contributed by atoms with Crippen molar-refractivity contribution in [2.45, 2.75) is 53.4 Å². The van der Waals surface area contributed by atoms with Gasteiger partial charge in [-0.25, -0.2) is 0 Å². The SMILES string of the molecule is CCC[N+](CCC)(CCC)CCC.N#CC(C#N)=C([SH2+])[SH2+].N#CC(C#N)=C([SH2+])[SH2+].N#CC(C#N)=C([SH2+])[SH2+].[Fe+3]. The third-order valence-electron chi connectivity index (χ3n) is 4.21. The molecule has 205 valence electrons. The fraction of sp³-hybridized carbons (Fsp3) is 0.500. The Morgan fingerprint density at radius 2 is 0.605 bits per heavy atom. The van der Waals surface area contributed by atoms with Crippen LogP contribution in [-0.2, 0) is 92.8 Å². The van der Waals surface area contributed by atoms with Crippen LogP contribution in [0.3, 0.4) is 0 Å². The van der Waals surface area contributed by atoms with E-state index in [1.807, 2.05) is 0 Å². The summed E-state index contributed by atoms with van der Waals surface area (Å²) in [4.78, 5) is 0. The summed E-state index contributed by atoms with van der Waals surface area (Å²) in [6.07, 6.45) is 5.33. The second-order valence-electron chi connectivity index (χ2n) is 7.16. The van der Waals surface area contributed by atoms with Crippen LogP contribution in [0.15, 0.2) is 29.4 Å². The van der Waals surface area contributed by atoms with Gasteiger partial charge in [0.1, 0.15) is 36.4 Å². The molecule has 0 aromatic heterocycles. The summed E-state index contributed by atoms with van der Waals surface area (Å²) >= 11 is 17.7. The van der Waals surface area contributed by atoms with Crippen molar-refractivity contribution in [3.05, 3.63) is 29.4 Å². The molecular formula is C24H40FeN7S6+10. The smallest absolute Gasteiger partial charge is 0.324 e. The quantitative estimate of drug-likeness (QED) is 0.164. The van der Waals surface area contributed by atoms with Gasteiger partial charge in [0.05, 0.1) is 26.2 Å². The monoisotopic (exact) mass is 674 g/mol. The third kappa shape index (κ3) is 26.4. The average molecular weight is 675 g/mol. The molecule has 0 aliphatic rings. The molecule has 0 aliphatic heterocycles. The van der Waals surface area contributed by atoms with Crippen LogP contribution in [0, 0.1) is 68.0 Å². The Kier molecular flexibility index (Phi) is 39.2. The van der Waals surface area contributed by atoms with Crippen molar-refractivity contribution in [3.63, 3.8) is 0 Å². The predicted molar refractivity (Wildman–Crippen MR) is 177 cm³/mol. The maximum Gasteiger partial charge on any atom is 3.00 e. The molecule has 0 N–H and O–H groups in total. The molecule has 38 heavy (non-hydrogen) atoms. The van der Waals surface area contributed by atoms with Crippen LogP contribution in [0.5, 0.6) is 0 Å². The van der Waals surface area contributed by atoms with Crippen molar-refractivity contribution in [2.75, 3.05) is 26.2 Å². The summed E-state index contributed by atoms with van der Waals surface area (Å²) in [7, 11) is 0. The van der Waals surface area contributed by atoms with Crippen molar-refractivity contribution >= 4 is 75.8 Å². The summed E-state index contributed by atoms with van der Waals surface area (Å²) in [6.45, 7) is 14.8. The molecule has 0 bridgehead atoms. The zero-order valence-electron chi connectivity index (χ0n) is 22.1. The Bertz CT molecular complexity index is 831. The summed E-state index contributed by atoms with van der Waals surface area (Å²) in [6, 6.07) is 10.0. The largest absolute Gasteiger partial charge is 3.00 e. The molecule has 0 saturated heterocycles. The van der Waals surface area contributed by atoms with E-state index in [1.54, 1.807) is 36.4 Å². The minimum Gasteiger partial charge on any atom is -0.324 e. The molecule has 0 spiro atoms. The van der Waals surface area contributed by atoms with E-state index in [4.69, 9.17) is 31.6 Å². The second kappa shape index (κ2) is 32.0. The predicted octanol–water partition coefficient (Wildman–Crippen LogP) is 1.25. The summed E-state index contributed by atoms with van der Waals surface area (Å²) in [5.41, 5.74) is 0.120. The molecule has 0 amide bonds. The van der Waals surface area contributed by atoms with Crippen molar-refractivity contribution in [1.82, 2.24) is 0 Å². The van der Waals surface area contributed by atoms with E-state index in [0.29, 0.717) is 12.7 Å². The van der Waals surface area contributed by atoms with E-state index in [2.05, 4.69) is 103 Å². The first kappa shape index (κ1) is 46.6. The van der Waals surface area contributed by atoms with Crippen molar-refractivity contribution in [1.29, 1.82) is 31.6 Å². The zero-order valence-corrected chi connectivity index (χ0v) is 29.2. The molecule has 0 atom stereocenters. The number of quaternary nitrogens is 1. The van der Waals surface area contributed by atoms with Crippen molar-refractivity contribution in [3.8, 4) is 36.4 Å². The first-order chi connectivity index (χ1) is 17.4. The number of hydrogen-bond acceptors (Lipinski definition) is 6. The molecule has 0 fully saturated rings. The van der Waals surface area contributed by atoms with Gasteiger partial charge in [-0.1, -0.05) is 27.7 Å². The van der Waals surface area contributed by atoms with E-state index in [9.17, 15) is 0 Å². The topological polar surface area (TPSA) is 143 Å². The van der Waals surface area contributed by atoms with Crippen LogP contribution in [0.1, 0.15) is 53.4 Å². The molecule has 14 heteroatoms. The number of rotatable bonds is 8. The minimum atomic E-state index is 0. The molecule has 0 rings (SSSR count). The minimum absolute atomic E-state index is 0. The van der Waals surface area contributed by atoms with Crippen molar-refractivity contribution in [2.24, 2.45) is 0 Å². The van der Waals surface area contributed by atoms with Gasteiger partial charge in [0.15, 0.2) is 0 Å². The molecule has 1 radical (unpaired) electrons. The summed E-state index contributed by atoms with van der Waals surface area (Å²) in [5, 5.41) is 48.6. The van der Waals surface area contributed by atoms with Gasteiger partial charge >= 0.3 is 29.8 Å². The van der Waals surface area contributed by atoms with E-state index >= 15 is 0 Å². The van der Waals surface area contributed by atoms with Crippen LogP contribution in [0.2, 0.25) is 0 Å². The molecule has 0 aliphatic carbocycles. The van der Waals surface area contributed by atoms with Gasteiger partial charge < -0.3 is 4.48 Å². The van der Waals surface area contributed by atoms with Gasteiger partial charge in [-0.05, 0) is 25.7 Å². The molecule has 0 saturated carbocycles. The van der Waals surface area contributed by atoms with Crippen LogP contribution in [-0.4, -0.2) is 30.7 Å². The van der Waals surface area contributed by atoms with Gasteiger partial charge in [-0.15, -0.1) is 0 Å². The van der Waals surface area contributed by atoms with E-state index in [-0.39, 0.29) is 33.8 Å². The Morgan fingerprint density at radius 1 is 0.447 bits per heavy atom. The first-order valence-corrected chi connectivity index (χ1v) is 14.2. The molecule has 0 heterocycles.